The lowest BCUT2D eigenvalue weighted by atomic mass is 10.2. The van der Waals surface area contributed by atoms with Crippen LogP contribution >= 0.6 is 0 Å². The summed E-state index contributed by atoms with van der Waals surface area (Å²) < 4.78 is 1.86. The Kier molecular flexibility index (Phi) is 2.53. The van der Waals surface area contributed by atoms with E-state index in [4.69, 9.17) is 5.73 Å². The molecule has 0 aliphatic heterocycles. The highest BCUT2D eigenvalue weighted by Crippen LogP contribution is 2.20. The van der Waals surface area contributed by atoms with Gasteiger partial charge < -0.3 is 5.73 Å². The van der Waals surface area contributed by atoms with Gasteiger partial charge in [0.15, 0.2) is 0 Å². The number of hydrogen-bond acceptors (Lipinski definition) is 3. The van der Waals surface area contributed by atoms with Crippen LogP contribution in [0, 0.1) is 0 Å². The highest BCUT2D eigenvalue weighted by atomic mass is 15.3. The Morgan fingerprint density at radius 1 is 0.944 bits per heavy atom. The normalized spacial score (nSPS) is 10.4. The van der Waals surface area contributed by atoms with Gasteiger partial charge in [0.05, 0.1) is 35.2 Å². The Bertz CT molecular complexity index is 641. The second-order valence-corrected chi connectivity index (χ2v) is 3.94. The lowest BCUT2D eigenvalue weighted by molar-refractivity contribution is 0.884. The predicted molar refractivity (Wildman–Crippen MR) is 71.2 cm³/mol. The molecule has 18 heavy (non-hydrogen) atoms. The van der Waals surface area contributed by atoms with Crippen molar-refractivity contribution in [3.63, 3.8) is 0 Å². The van der Waals surface area contributed by atoms with Crippen LogP contribution in [0.1, 0.15) is 0 Å². The van der Waals surface area contributed by atoms with Gasteiger partial charge in [0.2, 0.25) is 0 Å². The first-order chi connectivity index (χ1) is 8.84. The number of aromatic nitrogens is 3. The van der Waals surface area contributed by atoms with E-state index in [1.165, 1.54) is 0 Å². The smallest absolute Gasteiger partial charge is 0.0925 e. The maximum absolute atomic E-state index is 5.64. The quantitative estimate of drug-likeness (QED) is 0.743. The van der Waals surface area contributed by atoms with Crippen molar-refractivity contribution in [2.45, 2.75) is 0 Å². The number of pyridine rings is 1. The summed E-state index contributed by atoms with van der Waals surface area (Å²) in [5, 5.41) is 4.33. The Morgan fingerprint density at radius 3 is 2.50 bits per heavy atom. The average molecular weight is 236 g/mol. The molecule has 2 aromatic heterocycles. The van der Waals surface area contributed by atoms with Gasteiger partial charge in [-0.05, 0) is 30.3 Å². The third-order valence-corrected chi connectivity index (χ3v) is 2.69. The number of nitrogens with zero attached hydrogens (tertiary/aromatic N) is 3. The van der Waals surface area contributed by atoms with E-state index in [0.29, 0.717) is 5.69 Å². The minimum absolute atomic E-state index is 0.657. The summed E-state index contributed by atoms with van der Waals surface area (Å²) in [5.74, 6) is 0. The summed E-state index contributed by atoms with van der Waals surface area (Å²) in [4.78, 5) is 4.32. The maximum Gasteiger partial charge on any atom is 0.0925 e. The van der Waals surface area contributed by atoms with E-state index in [1.807, 2.05) is 53.2 Å². The van der Waals surface area contributed by atoms with Crippen LogP contribution in [0.2, 0.25) is 0 Å². The van der Waals surface area contributed by atoms with Gasteiger partial charge in [0.25, 0.3) is 0 Å². The van der Waals surface area contributed by atoms with Gasteiger partial charge in [-0.1, -0.05) is 18.2 Å². The standard InChI is InChI=1S/C14H12N4/c15-11-6-7-13(16-10-11)14-8-9-17-18(14)12-4-2-1-3-5-12/h1-10H,15H2. The minimum Gasteiger partial charge on any atom is -0.397 e. The molecule has 0 atom stereocenters. The van der Waals surface area contributed by atoms with Gasteiger partial charge in [-0.3, -0.25) is 4.98 Å². The molecular formula is C14H12N4. The predicted octanol–water partition coefficient (Wildman–Crippen LogP) is 2.52. The van der Waals surface area contributed by atoms with Crippen molar-refractivity contribution in [3.05, 3.63) is 60.9 Å². The molecule has 0 radical (unpaired) electrons. The molecule has 0 unspecified atom stereocenters. The van der Waals surface area contributed by atoms with E-state index in [-0.39, 0.29) is 0 Å². The third-order valence-electron chi connectivity index (χ3n) is 2.69. The Morgan fingerprint density at radius 2 is 1.78 bits per heavy atom. The highest BCUT2D eigenvalue weighted by Gasteiger charge is 2.07. The first-order valence-electron chi connectivity index (χ1n) is 5.66. The van der Waals surface area contributed by atoms with Crippen molar-refractivity contribution < 1.29 is 0 Å². The second kappa shape index (κ2) is 4.33. The number of anilines is 1. The van der Waals surface area contributed by atoms with E-state index in [2.05, 4.69) is 10.1 Å². The Labute approximate surface area is 105 Å². The van der Waals surface area contributed by atoms with Crippen molar-refractivity contribution in [2.75, 3.05) is 5.73 Å². The molecule has 0 saturated carbocycles. The molecule has 3 aromatic rings. The third kappa shape index (κ3) is 1.84. The molecule has 0 saturated heterocycles. The number of hydrogen-bond donors (Lipinski definition) is 1. The van der Waals surface area contributed by atoms with E-state index >= 15 is 0 Å². The molecule has 1 aromatic carbocycles. The molecule has 0 amide bonds. The van der Waals surface area contributed by atoms with Gasteiger partial charge >= 0.3 is 0 Å². The average Bonchev–Trinajstić information content (AvgIpc) is 2.90. The summed E-state index contributed by atoms with van der Waals surface area (Å²) >= 11 is 0. The topological polar surface area (TPSA) is 56.7 Å². The molecule has 4 heteroatoms. The Balaban J connectivity index is 2.10. The van der Waals surface area contributed by atoms with Crippen molar-refractivity contribution in [2.24, 2.45) is 0 Å². The first kappa shape index (κ1) is 10.5. The molecule has 4 nitrogen and oxygen atoms in total. The number of nitrogen functional groups attached to an aromatic ring is 1. The molecule has 0 fully saturated rings. The first-order valence-corrected chi connectivity index (χ1v) is 5.66. The molecule has 0 aliphatic rings. The van der Waals surface area contributed by atoms with Crippen LogP contribution in [0.15, 0.2) is 60.9 Å². The number of nitrogens with two attached hydrogens (primary N) is 1. The number of benzene rings is 1. The zero-order valence-electron chi connectivity index (χ0n) is 9.69. The van der Waals surface area contributed by atoms with E-state index < -0.39 is 0 Å². The number of para-hydroxylation sites is 1. The molecule has 3 rings (SSSR count). The zero-order valence-corrected chi connectivity index (χ0v) is 9.69. The van der Waals surface area contributed by atoms with Crippen LogP contribution in [-0.2, 0) is 0 Å². The van der Waals surface area contributed by atoms with Crippen LogP contribution in [0.25, 0.3) is 17.1 Å². The molecule has 88 valence electrons. The van der Waals surface area contributed by atoms with Crippen molar-refractivity contribution in [1.82, 2.24) is 14.8 Å². The van der Waals surface area contributed by atoms with Gasteiger partial charge in [-0.2, -0.15) is 5.10 Å². The summed E-state index contributed by atoms with van der Waals surface area (Å²) in [6, 6.07) is 15.6. The second-order valence-electron chi connectivity index (χ2n) is 3.94. The zero-order chi connectivity index (χ0) is 12.4. The molecule has 2 heterocycles. The maximum atomic E-state index is 5.64. The fourth-order valence-corrected chi connectivity index (χ4v) is 1.83. The fourth-order valence-electron chi connectivity index (χ4n) is 1.83. The Hall–Kier alpha value is -2.62. The fraction of sp³-hybridized carbons (Fsp3) is 0. The van der Waals surface area contributed by atoms with Crippen LogP contribution < -0.4 is 5.73 Å². The molecular weight excluding hydrogens is 224 g/mol. The van der Waals surface area contributed by atoms with Crippen LogP contribution in [0.3, 0.4) is 0 Å². The lowest BCUT2D eigenvalue weighted by Gasteiger charge is -2.06. The monoisotopic (exact) mass is 236 g/mol. The summed E-state index contributed by atoms with van der Waals surface area (Å²) in [6.07, 6.45) is 3.41. The van der Waals surface area contributed by atoms with E-state index in [9.17, 15) is 0 Å². The molecule has 0 aliphatic carbocycles. The van der Waals surface area contributed by atoms with Gasteiger partial charge in [-0.25, -0.2) is 4.68 Å². The number of rotatable bonds is 2. The van der Waals surface area contributed by atoms with Crippen LogP contribution in [0.5, 0.6) is 0 Å². The van der Waals surface area contributed by atoms with Gasteiger partial charge in [-0.15, -0.1) is 0 Å². The molecule has 0 bridgehead atoms. The molecule has 2 N–H and O–H groups in total. The summed E-state index contributed by atoms with van der Waals surface area (Å²) in [6.45, 7) is 0. The van der Waals surface area contributed by atoms with Crippen molar-refractivity contribution >= 4 is 5.69 Å². The van der Waals surface area contributed by atoms with E-state index in [1.54, 1.807) is 12.4 Å². The van der Waals surface area contributed by atoms with Crippen molar-refractivity contribution in [3.8, 4) is 17.1 Å². The van der Waals surface area contributed by atoms with Gasteiger partial charge in [0, 0.05) is 0 Å². The van der Waals surface area contributed by atoms with Crippen LogP contribution in [-0.4, -0.2) is 14.8 Å². The summed E-state index contributed by atoms with van der Waals surface area (Å²) in [7, 11) is 0. The lowest BCUT2D eigenvalue weighted by Crippen LogP contribution is -1.99. The molecule has 0 spiro atoms. The SMILES string of the molecule is Nc1ccc(-c2ccnn2-c2ccccc2)nc1. The summed E-state index contributed by atoms with van der Waals surface area (Å²) in [5.41, 5.74) is 9.11. The van der Waals surface area contributed by atoms with Crippen molar-refractivity contribution in [1.29, 1.82) is 0 Å². The highest BCUT2D eigenvalue weighted by molar-refractivity contribution is 5.59. The van der Waals surface area contributed by atoms with E-state index in [0.717, 1.165) is 17.1 Å². The van der Waals surface area contributed by atoms with Crippen LogP contribution in [0.4, 0.5) is 5.69 Å². The largest absolute Gasteiger partial charge is 0.397 e. The van der Waals surface area contributed by atoms with Gasteiger partial charge in [0.1, 0.15) is 0 Å². The minimum atomic E-state index is 0.657.